The van der Waals surface area contributed by atoms with Crippen LogP contribution in [0, 0.1) is 13.8 Å². The van der Waals surface area contributed by atoms with Crippen LogP contribution in [0.2, 0.25) is 5.02 Å². The molecule has 3 nitrogen and oxygen atoms in total. The third-order valence-electron chi connectivity index (χ3n) is 3.99. The topological polar surface area (TPSA) is 44.5 Å². The molecule has 0 aromatic heterocycles. The normalized spacial score (nSPS) is 12.1. The lowest BCUT2D eigenvalue weighted by molar-refractivity contribution is 0.351. The molecule has 0 aliphatic rings. The number of aryl methyl sites for hydroxylation is 2. The summed E-state index contributed by atoms with van der Waals surface area (Å²) in [5.74, 6) is 1.57. The summed E-state index contributed by atoms with van der Waals surface area (Å²) < 4.78 is 10.9. The maximum absolute atomic E-state index is 6.21. The zero-order valence-corrected chi connectivity index (χ0v) is 14.9. The second-order valence-corrected chi connectivity index (χ2v) is 6.29. The largest absolute Gasteiger partial charge is 0.493 e. The lowest BCUT2D eigenvalue weighted by Gasteiger charge is -2.20. The summed E-state index contributed by atoms with van der Waals surface area (Å²) in [6.45, 7) is 4.76. The molecule has 0 radical (unpaired) electrons. The molecular weight excluding hydrogens is 310 g/mol. The predicted molar refractivity (Wildman–Crippen MR) is 96.0 cm³/mol. The van der Waals surface area contributed by atoms with Gasteiger partial charge in [0.25, 0.3) is 0 Å². The van der Waals surface area contributed by atoms with Crippen LogP contribution in [0.15, 0.2) is 30.3 Å². The summed E-state index contributed by atoms with van der Waals surface area (Å²) in [6, 6.07) is 10.2. The van der Waals surface area contributed by atoms with Crippen LogP contribution >= 0.6 is 11.6 Å². The number of rotatable bonds is 6. The zero-order valence-electron chi connectivity index (χ0n) is 14.2. The molecular formula is C19H24ClNO2. The number of halogens is 1. The summed E-state index contributed by atoms with van der Waals surface area (Å²) in [6.07, 6.45) is 0.749. The third kappa shape index (κ3) is 4.18. The first-order chi connectivity index (χ1) is 11.0. The number of hydrogen-bond donors (Lipinski definition) is 1. The van der Waals surface area contributed by atoms with Crippen molar-refractivity contribution < 1.29 is 9.47 Å². The average molecular weight is 334 g/mol. The summed E-state index contributed by atoms with van der Waals surface area (Å²) in [5.41, 5.74) is 10.8. The Hall–Kier alpha value is -1.71. The standard InChI is InChI=1S/C19H24ClNO2/c1-12-5-13(2)7-14(6-12)16(11-21)8-15-9-17(20)10-18(22-3)19(15)23-4/h5-7,9-10,16H,8,11,21H2,1-4H3. The van der Waals surface area contributed by atoms with Gasteiger partial charge in [-0.15, -0.1) is 0 Å². The van der Waals surface area contributed by atoms with Crippen LogP contribution in [0.4, 0.5) is 0 Å². The minimum Gasteiger partial charge on any atom is -0.493 e. The minimum absolute atomic E-state index is 0.200. The molecule has 4 heteroatoms. The highest BCUT2D eigenvalue weighted by Crippen LogP contribution is 2.37. The molecule has 2 aromatic carbocycles. The van der Waals surface area contributed by atoms with Crippen LogP contribution in [-0.2, 0) is 6.42 Å². The Kier molecular flexibility index (Phi) is 5.91. The fourth-order valence-corrected chi connectivity index (χ4v) is 3.24. The van der Waals surface area contributed by atoms with E-state index in [0.717, 1.165) is 17.7 Å². The van der Waals surface area contributed by atoms with Gasteiger partial charge in [0, 0.05) is 22.6 Å². The Morgan fingerprint density at radius 3 is 2.17 bits per heavy atom. The molecule has 1 unspecified atom stereocenters. The number of nitrogens with two attached hydrogens (primary N) is 1. The molecule has 2 rings (SSSR count). The van der Waals surface area contributed by atoms with Gasteiger partial charge in [-0.1, -0.05) is 40.9 Å². The molecule has 23 heavy (non-hydrogen) atoms. The molecule has 0 saturated heterocycles. The first-order valence-electron chi connectivity index (χ1n) is 7.67. The van der Waals surface area contributed by atoms with Gasteiger partial charge in [-0.25, -0.2) is 0 Å². The Balaban J connectivity index is 2.40. The number of methoxy groups -OCH3 is 2. The van der Waals surface area contributed by atoms with E-state index in [4.69, 9.17) is 26.8 Å². The van der Waals surface area contributed by atoms with E-state index in [-0.39, 0.29) is 5.92 Å². The molecule has 2 aromatic rings. The van der Waals surface area contributed by atoms with Gasteiger partial charge in [0.1, 0.15) is 0 Å². The first kappa shape index (κ1) is 17.6. The maximum Gasteiger partial charge on any atom is 0.164 e. The van der Waals surface area contributed by atoms with Crippen molar-refractivity contribution in [3.63, 3.8) is 0 Å². The van der Waals surface area contributed by atoms with Crippen LogP contribution in [0.5, 0.6) is 11.5 Å². The maximum atomic E-state index is 6.21. The highest BCUT2D eigenvalue weighted by atomic mass is 35.5. The predicted octanol–water partition coefficient (Wildman–Crippen LogP) is 4.26. The van der Waals surface area contributed by atoms with Crippen molar-refractivity contribution in [2.75, 3.05) is 20.8 Å². The average Bonchev–Trinajstić information content (AvgIpc) is 2.50. The Labute approximate surface area is 143 Å². The summed E-state index contributed by atoms with van der Waals surface area (Å²) in [7, 11) is 3.26. The van der Waals surface area contributed by atoms with E-state index < -0.39 is 0 Å². The molecule has 0 bridgehead atoms. The monoisotopic (exact) mass is 333 g/mol. The van der Waals surface area contributed by atoms with Gasteiger partial charge in [-0.05, 0) is 38.4 Å². The van der Waals surface area contributed by atoms with Crippen LogP contribution in [0.3, 0.4) is 0 Å². The van der Waals surface area contributed by atoms with E-state index in [1.54, 1.807) is 20.3 Å². The number of ether oxygens (including phenoxy) is 2. The van der Waals surface area contributed by atoms with E-state index in [1.165, 1.54) is 16.7 Å². The van der Waals surface area contributed by atoms with Crippen molar-refractivity contribution in [3.05, 3.63) is 57.6 Å². The van der Waals surface area contributed by atoms with Gasteiger partial charge >= 0.3 is 0 Å². The Morgan fingerprint density at radius 2 is 1.65 bits per heavy atom. The summed E-state index contributed by atoms with van der Waals surface area (Å²) >= 11 is 6.21. The van der Waals surface area contributed by atoms with Crippen LogP contribution in [-0.4, -0.2) is 20.8 Å². The highest BCUT2D eigenvalue weighted by molar-refractivity contribution is 6.30. The lowest BCUT2D eigenvalue weighted by atomic mass is 9.89. The van der Waals surface area contributed by atoms with Crippen molar-refractivity contribution >= 4 is 11.6 Å². The SMILES string of the molecule is COc1cc(Cl)cc(CC(CN)c2cc(C)cc(C)c2)c1OC. The van der Waals surface area contributed by atoms with Gasteiger partial charge in [-0.2, -0.15) is 0 Å². The van der Waals surface area contributed by atoms with E-state index in [2.05, 4.69) is 32.0 Å². The third-order valence-corrected chi connectivity index (χ3v) is 4.21. The molecule has 0 aliphatic heterocycles. The van der Waals surface area contributed by atoms with Crippen molar-refractivity contribution in [2.45, 2.75) is 26.2 Å². The highest BCUT2D eigenvalue weighted by Gasteiger charge is 2.18. The second kappa shape index (κ2) is 7.71. The van der Waals surface area contributed by atoms with Gasteiger partial charge in [0.2, 0.25) is 0 Å². The molecule has 1 atom stereocenters. The van der Waals surface area contributed by atoms with Gasteiger partial charge in [0.15, 0.2) is 11.5 Å². The summed E-state index contributed by atoms with van der Waals surface area (Å²) in [4.78, 5) is 0. The Morgan fingerprint density at radius 1 is 1.00 bits per heavy atom. The fraction of sp³-hybridized carbons (Fsp3) is 0.368. The van der Waals surface area contributed by atoms with Gasteiger partial charge in [-0.3, -0.25) is 0 Å². The van der Waals surface area contributed by atoms with Gasteiger partial charge < -0.3 is 15.2 Å². The molecule has 0 fully saturated rings. The van der Waals surface area contributed by atoms with Crippen molar-refractivity contribution in [1.29, 1.82) is 0 Å². The van der Waals surface area contributed by atoms with E-state index >= 15 is 0 Å². The minimum atomic E-state index is 0.200. The molecule has 0 aliphatic carbocycles. The van der Waals surface area contributed by atoms with Gasteiger partial charge in [0.05, 0.1) is 14.2 Å². The van der Waals surface area contributed by atoms with Crippen LogP contribution in [0.25, 0.3) is 0 Å². The Bertz CT molecular complexity index is 665. The molecule has 0 saturated carbocycles. The molecule has 2 N–H and O–H groups in total. The van der Waals surface area contributed by atoms with E-state index in [1.807, 2.05) is 6.07 Å². The quantitative estimate of drug-likeness (QED) is 0.859. The van der Waals surface area contributed by atoms with Crippen LogP contribution < -0.4 is 15.2 Å². The smallest absolute Gasteiger partial charge is 0.164 e. The number of benzene rings is 2. The molecule has 124 valence electrons. The van der Waals surface area contributed by atoms with E-state index in [0.29, 0.717) is 17.3 Å². The van der Waals surface area contributed by atoms with Crippen molar-refractivity contribution in [3.8, 4) is 11.5 Å². The van der Waals surface area contributed by atoms with Crippen molar-refractivity contribution in [2.24, 2.45) is 5.73 Å². The number of hydrogen-bond acceptors (Lipinski definition) is 3. The zero-order chi connectivity index (χ0) is 17.0. The van der Waals surface area contributed by atoms with Crippen molar-refractivity contribution in [1.82, 2.24) is 0 Å². The lowest BCUT2D eigenvalue weighted by Crippen LogP contribution is -2.16. The fourth-order valence-electron chi connectivity index (χ4n) is 3.01. The van der Waals surface area contributed by atoms with E-state index in [9.17, 15) is 0 Å². The molecule has 0 amide bonds. The molecule has 0 heterocycles. The summed E-state index contributed by atoms with van der Waals surface area (Å²) in [5, 5.41) is 0.633. The van der Waals surface area contributed by atoms with Crippen LogP contribution in [0.1, 0.15) is 28.2 Å². The molecule has 0 spiro atoms. The first-order valence-corrected chi connectivity index (χ1v) is 8.05. The second-order valence-electron chi connectivity index (χ2n) is 5.86.